The summed E-state index contributed by atoms with van der Waals surface area (Å²) < 4.78 is 27.7. The number of hydrogen-bond acceptors (Lipinski definition) is 5. The summed E-state index contributed by atoms with van der Waals surface area (Å²) in [5.41, 5.74) is -1.32. The topological polar surface area (TPSA) is 104 Å². The Kier molecular flexibility index (Phi) is 4.73. The third kappa shape index (κ3) is 2.83. The van der Waals surface area contributed by atoms with Crippen molar-refractivity contribution in [1.82, 2.24) is 14.3 Å². The molecule has 1 rings (SSSR count). The van der Waals surface area contributed by atoms with Crippen LogP contribution in [0.15, 0.2) is 11.4 Å². The van der Waals surface area contributed by atoms with Crippen LogP contribution in [0.2, 0.25) is 5.15 Å². The Hall–Kier alpha value is -0.670. The quantitative estimate of drug-likeness (QED) is 0.656. The molecule has 7 nitrogen and oxygen atoms in total. The average molecular weight is 298 g/mol. The van der Waals surface area contributed by atoms with Gasteiger partial charge in [-0.15, -0.1) is 0 Å². The monoisotopic (exact) mass is 297 g/mol. The van der Waals surface area contributed by atoms with Gasteiger partial charge in [-0.2, -0.15) is 4.72 Å². The smallest absolute Gasteiger partial charge is 0.261 e. The van der Waals surface area contributed by atoms with E-state index in [1.165, 1.54) is 10.9 Å². The second-order valence-electron chi connectivity index (χ2n) is 4.01. The number of aryl methyl sites for hydroxylation is 1. The maximum absolute atomic E-state index is 12.1. The molecule has 0 atom stereocenters. The van der Waals surface area contributed by atoms with Crippen LogP contribution < -0.4 is 4.72 Å². The molecule has 0 saturated heterocycles. The summed E-state index contributed by atoms with van der Waals surface area (Å²) >= 11 is 5.81. The first-order valence-corrected chi connectivity index (χ1v) is 7.10. The van der Waals surface area contributed by atoms with Crippen LogP contribution in [-0.2, 0) is 17.1 Å². The molecule has 0 aromatic carbocycles. The number of hydrogen-bond donors (Lipinski definition) is 3. The van der Waals surface area contributed by atoms with Crippen LogP contribution in [0, 0.1) is 0 Å². The van der Waals surface area contributed by atoms with Gasteiger partial charge in [0.2, 0.25) is 5.03 Å². The first-order chi connectivity index (χ1) is 8.32. The second-order valence-corrected chi connectivity index (χ2v) is 5.96. The van der Waals surface area contributed by atoms with Gasteiger partial charge in [-0.3, -0.25) is 0 Å². The van der Waals surface area contributed by atoms with E-state index in [1.54, 1.807) is 14.0 Å². The van der Waals surface area contributed by atoms with Gasteiger partial charge in [-0.05, 0) is 6.42 Å². The number of rotatable bonds is 6. The number of halogens is 1. The van der Waals surface area contributed by atoms with Crippen LogP contribution in [0.25, 0.3) is 0 Å². The summed E-state index contributed by atoms with van der Waals surface area (Å²) in [6.45, 7) is 0.600. The number of nitrogens with zero attached hydrogens (tertiary/aromatic N) is 2. The van der Waals surface area contributed by atoms with Crippen LogP contribution in [0.4, 0.5) is 0 Å². The Balaban J connectivity index is 3.13. The molecule has 1 aromatic rings. The lowest BCUT2D eigenvalue weighted by Gasteiger charge is -2.28. The summed E-state index contributed by atoms with van der Waals surface area (Å²) in [6, 6.07) is 0. The maximum atomic E-state index is 12.1. The Morgan fingerprint density at radius 1 is 1.50 bits per heavy atom. The van der Waals surface area contributed by atoms with Crippen LogP contribution >= 0.6 is 11.6 Å². The Morgan fingerprint density at radius 3 is 2.39 bits per heavy atom. The fourth-order valence-electron chi connectivity index (χ4n) is 1.32. The molecule has 0 unspecified atom stereocenters. The Labute approximate surface area is 110 Å². The van der Waals surface area contributed by atoms with E-state index in [-0.39, 0.29) is 16.6 Å². The predicted octanol–water partition coefficient (Wildman–Crippen LogP) is -0.515. The Bertz CT molecular complexity index is 502. The predicted molar refractivity (Wildman–Crippen MR) is 65.7 cm³/mol. The highest BCUT2D eigenvalue weighted by Crippen LogP contribution is 2.21. The highest BCUT2D eigenvalue weighted by Gasteiger charge is 2.34. The van der Waals surface area contributed by atoms with E-state index in [9.17, 15) is 18.6 Å². The van der Waals surface area contributed by atoms with Crippen molar-refractivity contribution in [2.75, 3.05) is 13.2 Å². The van der Waals surface area contributed by atoms with E-state index >= 15 is 0 Å². The van der Waals surface area contributed by atoms with Crippen molar-refractivity contribution in [3.05, 3.63) is 11.5 Å². The number of nitrogens with one attached hydrogen (secondary N) is 1. The minimum Gasteiger partial charge on any atom is -0.394 e. The molecule has 0 spiro atoms. The summed E-state index contributed by atoms with van der Waals surface area (Å²) in [5, 5.41) is 18.1. The highest BCUT2D eigenvalue weighted by atomic mass is 35.5. The summed E-state index contributed by atoms with van der Waals surface area (Å²) in [6.07, 6.45) is 1.49. The lowest BCUT2D eigenvalue weighted by atomic mass is 10.0. The molecule has 0 aliphatic rings. The summed E-state index contributed by atoms with van der Waals surface area (Å²) in [5.74, 6) is 0. The lowest BCUT2D eigenvalue weighted by molar-refractivity contribution is 0.105. The molecule has 18 heavy (non-hydrogen) atoms. The minimum atomic E-state index is -4.00. The fraction of sp³-hybridized carbons (Fsp3) is 0.667. The molecule has 104 valence electrons. The van der Waals surface area contributed by atoms with Gasteiger partial charge in [-0.1, -0.05) is 18.5 Å². The standard InChI is InChI=1S/C9H16ClN3O4S/c1-3-9(4-14,5-15)12-18(16,17)8-7(10)13(2)6-11-8/h6,12,14-15H,3-5H2,1-2H3. The van der Waals surface area contributed by atoms with Gasteiger partial charge in [0.15, 0.2) is 0 Å². The third-order valence-electron chi connectivity index (χ3n) is 2.72. The molecule has 0 saturated carbocycles. The zero-order valence-electron chi connectivity index (χ0n) is 10.1. The van der Waals surface area contributed by atoms with Gasteiger partial charge in [0.1, 0.15) is 5.15 Å². The number of aliphatic hydroxyl groups is 2. The summed E-state index contributed by atoms with van der Waals surface area (Å²) in [4.78, 5) is 3.69. The van der Waals surface area contributed by atoms with Gasteiger partial charge in [0, 0.05) is 7.05 Å². The van der Waals surface area contributed by atoms with Gasteiger partial charge in [0.05, 0.1) is 25.1 Å². The molecule has 0 bridgehead atoms. The molecular formula is C9H16ClN3O4S. The average Bonchev–Trinajstić information content (AvgIpc) is 2.68. The zero-order chi connectivity index (χ0) is 14.0. The fourth-order valence-corrected chi connectivity index (χ4v) is 3.21. The molecule has 0 aliphatic carbocycles. The van der Waals surface area contributed by atoms with Crippen molar-refractivity contribution in [2.45, 2.75) is 23.9 Å². The first kappa shape index (κ1) is 15.4. The normalized spacial score (nSPS) is 12.9. The first-order valence-electron chi connectivity index (χ1n) is 5.24. The third-order valence-corrected chi connectivity index (χ3v) is 4.79. The van der Waals surface area contributed by atoms with Gasteiger partial charge in [0.25, 0.3) is 10.0 Å². The van der Waals surface area contributed by atoms with Crippen LogP contribution in [-0.4, -0.2) is 46.9 Å². The SMILES string of the molecule is CCC(CO)(CO)NS(=O)(=O)c1ncn(C)c1Cl. The zero-order valence-corrected chi connectivity index (χ0v) is 11.7. The molecular weight excluding hydrogens is 282 g/mol. The highest BCUT2D eigenvalue weighted by molar-refractivity contribution is 7.89. The molecule has 0 aliphatic heterocycles. The molecule has 1 heterocycles. The molecule has 9 heteroatoms. The van der Waals surface area contributed by atoms with Crippen LogP contribution in [0.1, 0.15) is 13.3 Å². The largest absolute Gasteiger partial charge is 0.394 e. The summed E-state index contributed by atoms with van der Waals surface area (Å²) in [7, 11) is -2.44. The van der Waals surface area contributed by atoms with E-state index in [1.807, 2.05) is 0 Å². The molecule has 0 amide bonds. The van der Waals surface area contributed by atoms with Crippen molar-refractivity contribution in [3.63, 3.8) is 0 Å². The lowest BCUT2D eigenvalue weighted by Crippen LogP contribution is -2.53. The maximum Gasteiger partial charge on any atom is 0.261 e. The molecule has 0 radical (unpaired) electrons. The Morgan fingerprint density at radius 2 is 2.06 bits per heavy atom. The van der Waals surface area contributed by atoms with Crippen molar-refractivity contribution in [1.29, 1.82) is 0 Å². The van der Waals surface area contributed by atoms with Crippen LogP contribution in [0.3, 0.4) is 0 Å². The van der Waals surface area contributed by atoms with Gasteiger partial charge >= 0.3 is 0 Å². The number of aromatic nitrogens is 2. The van der Waals surface area contributed by atoms with E-state index < -0.39 is 28.8 Å². The van der Waals surface area contributed by atoms with Crippen molar-refractivity contribution in [3.8, 4) is 0 Å². The van der Waals surface area contributed by atoms with Crippen molar-refractivity contribution < 1.29 is 18.6 Å². The molecule has 0 fully saturated rings. The van der Waals surface area contributed by atoms with E-state index in [0.717, 1.165) is 0 Å². The van der Waals surface area contributed by atoms with E-state index in [4.69, 9.17) is 11.6 Å². The van der Waals surface area contributed by atoms with Crippen molar-refractivity contribution in [2.24, 2.45) is 7.05 Å². The molecule has 3 N–H and O–H groups in total. The minimum absolute atomic E-state index is 0.0385. The van der Waals surface area contributed by atoms with Gasteiger partial charge < -0.3 is 14.8 Å². The second kappa shape index (κ2) is 5.54. The number of sulfonamides is 1. The molecule has 1 aromatic heterocycles. The number of imidazole rings is 1. The van der Waals surface area contributed by atoms with E-state index in [0.29, 0.717) is 0 Å². The van der Waals surface area contributed by atoms with E-state index in [2.05, 4.69) is 9.71 Å². The number of aliphatic hydroxyl groups excluding tert-OH is 2. The van der Waals surface area contributed by atoms with Crippen LogP contribution in [0.5, 0.6) is 0 Å². The van der Waals surface area contributed by atoms with Crippen molar-refractivity contribution >= 4 is 21.6 Å². The van der Waals surface area contributed by atoms with Gasteiger partial charge in [-0.25, -0.2) is 13.4 Å².